The minimum Gasteiger partial charge on any atom is -0.490 e. The first-order chi connectivity index (χ1) is 10.2. The Balaban J connectivity index is 1.90. The lowest BCUT2D eigenvalue weighted by Gasteiger charge is -2.31. The van der Waals surface area contributed by atoms with Gasteiger partial charge in [0.15, 0.2) is 0 Å². The van der Waals surface area contributed by atoms with Crippen molar-refractivity contribution in [3.8, 4) is 5.75 Å². The minimum atomic E-state index is 0.419. The zero-order valence-electron chi connectivity index (χ0n) is 13.9. The van der Waals surface area contributed by atoms with Crippen LogP contribution in [-0.4, -0.2) is 12.6 Å². The van der Waals surface area contributed by atoms with Crippen LogP contribution in [0.25, 0.3) is 0 Å². The van der Waals surface area contributed by atoms with E-state index in [9.17, 15) is 0 Å². The molecule has 21 heavy (non-hydrogen) atoms. The molecule has 1 saturated carbocycles. The van der Waals surface area contributed by atoms with E-state index in [2.05, 4.69) is 50.4 Å². The van der Waals surface area contributed by atoms with E-state index in [0.717, 1.165) is 24.8 Å². The van der Waals surface area contributed by atoms with Crippen molar-refractivity contribution in [3.05, 3.63) is 29.8 Å². The van der Waals surface area contributed by atoms with Crippen molar-refractivity contribution in [2.24, 2.45) is 11.8 Å². The molecule has 1 aromatic rings. The zero-order valence-corrected chi connectivity index (χ0v) is 13.9. The standard InChI is InChI=1S/C19H31NO/c1-4-17-9-5-6-11-19(17)21-18-10-7-8-16(12-18)14-20-13-15(2)3/h7-8,10,12,15,17,19-20H,4-6,9,11,13-14H2,1-3H3. The van der Waals surface area contributed by atoms with Crippen LogP contribution in [0, 0.1) is 11.8 Å². The molecule has 0 amide bonds. The lowest BCUT2D eigenvalue weighted by atomic mass is 9.85. The Labute approximate surface area is 130 Å². The Morgan fingerprint density at radius 3 is 2.81 bits per heavy atom. The number of nitrogens with one attached hydrogen (secondary N) is 1. The first kappa shape index (κ1) is 16.4. The number of hydrogen-bond donors (Lipinski definition) is 1. The largest absolute Gasteiger partial charge is 0.490 e. The van der Waals surface area contributed by atoms with Gasteiger partial charge >= 0.3 is 0 Å². The summed E-state index contributed by atoms with van der Waals surface area (Å²) in [6.45, 7) is 8.75. The SMILES string of the molecule is CCC1CCCCC1Oc1cccc(CNCC(C)C)c1. The van der Waals surface area contributed by atoms with Crippen LogP contribution in [0.2, 0.25) is 0 Å². The fourth-order valence-corrected chi connectivity index (χ4v) is 3.20. The van der Waals surface area contributed by atoms with Crippen LogP contribution in [0.4, 0.5) is 0 Å². The van der Waals surface area contributed by atoms with Gasteiger partial charge in [-0.25, -0.2) is 0 Å². The van der Waals surface area contributed by atoms with Crippen molar-refractivity contribution >= 4 is 0 Å². The van der Waals surface area contributed by atoms with Crippen LogP contribution in [0.1, 0.15) is 58.4 Å². The molecule has 0 aliphatic heterocycles. The molecule has 0 bridgehead atoms. The Morgan fingerprint density at radius 2 is 2.05 bits per heavy atom. The van der Waals surface area contributed by atoms with Gasteiger partial charge in [0.2, 0.25) is 0 Å². The van der Waals surface area contributed by atoms with Gasteiger partial charge in [0, 0.05) is 6.54 Å². The molecule has 2 nitrogen and oxygen atoms in total. The van der Waals surface area contributed by atoms with Gasteiger partial charge in [-0.2, -0.15) is 0 Å². The van der Waals surface area contributed by atoms with E-state index in [1.54, 1.807) is 0 Å². The van der Waals surface area contributed by atoms with Crippen molar-refractivity contribution in [2.75, 3.05) is 6.54 Å². The van der Waals surface area contributed by atoms with E-state index in [-0.39, 0.29) is 0 Å². The second-order valence-electron chi connectivity index (χ2n) is 6.78. The van der Waals surface area contributed by atoms with Crippen molar-refractivity contribution in [2.45, 2.75) is 65.5 Å². The molecule has 1 fully saturated rings. The Bertz CT molecular complexity index is 416. The molecule has 0 aromatic heterocycles. The molecule has 1 N–H and O–H groups in total. The summed E-state index contributed by atoms with van der Waals surface area (Å²) in [4.78, 5) is 0. The summed E-state index contributed by atoms with van der Waals surface area (Å²) in [5, 5.41) is 3.50. The van der Waals surface area contributed by atoms with Crippen LogP contribution in [0.15, 0.2) is 24.3 Å². The maximum absolute atomic E-state index is 6.30. The molecule has 118 valence electrons. The molecule has 0 saturated heterocycles. The van der Waals surface area contributed by atoms with E-state index in [0.29, 0.717) is 12.0 Å². The highest BCUT2D eigenvalue weighted by Crippen LogP contribution is 2.30. The quantitative estimate of drug-likeness (QED) is 0.780. The van der Waals surface area contributed by atoms with E-state index >= 15 is 0 Å². The van der Waals surface area contributed by atoms with Crippen LogP contribution < -0.4 is 10.1 Å². The molecule has 0 radical (unpaired) electrons. The molecular formula is C19H31NO. The van der Waals surface area contributed by atoms with Gasteiger partial charge in [-0.3, -0.25) is 0 Å². The third-order valence-corrected chi connectivity index (χ3v) is 4.43. The topological polar surface area (TPSA) is 21.3 Å². The van der Waals surface area contributed by atoms with E-state index in [4.69, 9.17) is 4.74 Å². The zero-order chi connectivity index (χ0) is 15.1. The molecular weight excluding hydrogens is 258 g/mol. The van der Waals surface area contributed by atoms with Gasteiger partial charge in [-0.1, -0.05) is 39.3 Å². The van der Waals surface area contributed by atoms with Crippen LogP contribution in [-0.2, 0) is 6.54 Å². The monoisotopic (exact) mass is 289 g/mol. The Morgan fingerprint density at radius 1 is 1.24 bits per heavy atom. The average molecular weight is 289 g/mol. The summed E-state index contributed by atoms with van der Waals surface area (Å²) in [7, 11) is 0. The third kappa shape index (κ3) is 5.35. The van der Waals surface area contributed by atoms with Crippen LogP contribution >= 0.6 is 0 Å². The molecule has 2 atom stereocenters. The number of hydrogen-bond acceptors (Lipinski definition) is 2. The number of benzene rings is 1. The van der Waals surface area contributed by atoms with Gasteiger partial charge in [-0.15, -0.1) is 0 Å². The lowest BCUT2D eigenvalue weighted by molar-refractivity contribution is 0.0903. The molecule has 2 heteroatoms. The summed E-state index contributed by atoms with van der Waals surface area (Å²) in [6.07, 6.45) is 6.89. The van der Waals surface area contributed by atoms with Crippen LogP contribution in [0.3, 0.4) is 0 Å². The minimum absolute atomic E-state index is 0.419. The first-order valence-electron chi connectivity index (χ1n) is 8.65. The predicted molar refractivity (Wildman–Crippen MR) is 89.7 cm³/mol. The highest BCUT2D eigenvalue weighted by molar-refractivity contribution is 5.28. The van der Waals surface area contributed by atoms with Crippen LogP contribution in [0.5, 0.6) is 5.75 Å². The second-order valence-corrected chi connectivity index (χ2v) is 6.78. The normalized spacial score (nSPS) is 22.5. The Hall–Kier alpha value is -1.02. The fourth-order valence-electron chi connectivity index (χ4n) is 3.20. The van der Waals surface area contributed by atoms with Gasteiger partial charge in [0.05, 0.1) is 0 Å². The van der Waals surface area contributed by atoms with E-state index in [1.165, 1.54) is 37.7 Å². The first-order valence-corrected chi connectivity index (χ1v) is 8.65. The van der Waals surface area contributed by atoms with Crippen molar-refractivity contribution in [3.63, 3.8) is 0 Å². The summed E-state index contributed by atoms with van der Waals surface area (Å²) in [6, 6.07) is 8.60. The van der Waals surface area contributed by atoms with E-state index < -0.39 is 0 Å². The number of ether oxygens (including phenoxy) is 1. The smallest absolute Gasteiger partial charge is 0.120 e. The second kappa shape index (κ2) is 8.43. The molecule has 2 rings (SSSR count). The molecule has 1 aliphatic rings. The highest BCUT2D eigenvalue weighted by Gasteiger charge is 2.25. The average Bonchev–Trinajstić information content (AvgIpc) is 2.48. The maximum atomic E-state index is 6.30. The van der Waals surface area contributed by atoms with Crippen molar-refractivity contribution < 1.29 is 4.74 Å². The molecule has 0 heterocycles. The van der Waals surface area contributed by atoms with Gasteiger partial charge in [0.1, 0.15) is 11.9 Å². The lowest BCUT2D eigenvalue weighted by Crippen LogP contribution is -2.29. The number of rotatable bonds is 7. The van der Waals surface area contributed by atoms with Gasteiger partial charge in [0.25, 0.3) is 0 Å². The molecule has 1 aromatic carbocycles. The summed E-state index contributed by atoms with van der Waals surface area (Å²) in [5.74, 6) is 2.47. The van der Waals surface area contributed by atoms with Gasteiger partial charge in [-0.05, 0) is 61.8 Å². The molecule has 2 unspecified atom stereocenters. The van der Waals surface area contributed by atoms with Crippen molar-refractivity contribution in [1.29, 1.82) is 0 Å². The highest BCUT2D eigenvalue weighted by atomic mass is 16.5. The molecule has 1 aliphatic carbocycles. The fraction of sp³-hybridized carbons (Fsp3) is 0.684. The summed E-state index contributed by atoms with van der Waals surface area (Å²) >= 11 is 0. The van der Waals surface area contributed by atoms with Crippen molar-refractivity contribution in [1.82, 2.24) is 5.32 Å². The van der Waals surface area contributed by atoms with E-state index in [1.807, 2.05) is 0 Å². The van der Waals surface area contributed by atoms with Gasteiger partial charge < -0.3 is 10.1 Å². The maximum Gasteiger partial charge on any atom is 0.120 e. The third-order valence-electron chi connectivity index (χ3n) is 4.43. The molecule has 0 spiro atoms. The Kier molecular flexibility index (Phi) is 6.56. The summed E-state index contributed by atoms with van der Waals surface area (Å²) in [5.41, 5.74) is 1.32. The summed E-state index contributed by atoms with van der Waals surface area (Å²) < 4.78 is 6.30. The predicted octanol–water partition coefficient (Wildman–Crippen LogP) is 4.78.